The molecule has 7 N–H and O–H groups in total. The van der Waals surface area contributed by atoms with Crippen LogP contribution in [0.25, 0.3) is 0 Å². The Morgan fingerprint density at radius 1 is 0.700 bits per heavy atom. The smallest absolute Gasteiger partial charge is 0.407 e. The van der Waals surface area contributed by atoms with Gasteiger partial charge in [0.2, 0.25) is 17.7 Å². The summed E-state index contributed by atoms with van der Waals surface area (Å²) in [7, 11) is 0. The summed E-state index contributed by atoms with van der Waals surface area (Å²) in [6.07, 6.45) is -2.30. The fourth-order valence-corrected chi connectivity index (χ4v) is 5.42. The summed E-state index contributed by atoms with van der Waals surface area (Å²) in [5, 5.41) is 29.0. The van der Waals surface area contributed by atoms with Crippen molar-refractivity contribution in [2.24, 2.45) is 11.7 Å². The standard InChI is InChI=1S/C38H48N4O8/c1-38(2,3)50-37(49)42-30(22-26-15-9-5-10-16-26)32(43)24-28(21-25-13-7-4-8-14-25)35(47)40-29(19-20-33(44)45)36(48)41-31(34(39)46)23-27-17-11-6-12-18-27/h4-18,28-32,43H,19-24H2,1-3H3,(H2,39,46)(H,40,47)(H,41,48)(H,42,49)(H,44,45)/t28-,29+,30+,31+,32-/m1/s1. The van der Waals surface area contributed by atoms with Gasteiger partial charge in [-0.15, -0.1) is 0 Å². The number of carboxylic acids is 1. The Balaban J connectivity index is 1.86. The molecule has 12 nitrogen and oxygen atoms in total. The zero-order valence-corrected chi connectivity index (χ0v) is 28.7. The van der Waals surface area contributed by atoms with Gasteiger partial charge in [0.25, 0.3) is 0 Å². The third kappa shape index (κ3) is 14.1. The minimum Gasteiger partial charge on any atom is -0.481 e. The number of carbonyl (C=O) groups excluding carboxylic acids is 4. The van der Waals surface area contributed by atoms with Crippen molar-refractivity contribution in [2.75, 3.05) is 0 Å². The van der Waals surface area contributed by atoms with Crippen molar-refractivity contribution in [1.29, 1.82) is 0 Å². The number of carbonyl (C=O) groups is 5. The number of benzene rings is 3. The molecule has 0 aliphatic carbocycles. The third-order valence-corrected chi connectivity index (χ3v) is 7.91. The fraction of sp³-hybridized carbons (Fsp3) is 0.395. The Morgan fingerprint density at radius 2 is 1.18 bits per heavy atom. The van der Waals surface area contributed by atoms with Gasteiger partial charge in [0.1, 0.15) is 17.7 Å². The van der Waals surface area contributed by atoms with Crippen LogP contribution in [0.3, 0.4) is 0 Å². The van der Waals surface area contributed by atoms with Crippen molar-refractivity contribution in [3.8, 4) is 0 Å². The highest BCUT2D eigenvalue weighted by atomic mass is 16.6. The molecular formula is C38H48N4O8. The first-order chi connectivity index (χ1) is 23.7. The molecule has 4 amide bonds. The fourth-order valence-electron chi connectivity index (χ4n) is 5.42. The number of amides is 4. The van der Waals surface area contributed by atoms with Gasteiger partial charge in [0.05, 0.1) is 12.1 Å². The summed E-state index contributed by atoms with van der Waals surface area (Å²) >= 11 is 0. The molecule has 0 fully saturated rings. The first-order valence-electron chi connectivity index (χ1n) is 16.6. The number of aliphatic hydroxyl groups is 1. The molecule has 0 spiro atoms. The van der Waals surface area contributed by atoms with E-state index in [0.717, 1.165) is 16.7 Å². The first-order valence-corrected chi connectivity index (χ1v) is 16.6. The van der Waals surface area contributed by atoms with E-state index in [4.69, 9.17) is 10.5 Å². The number of carboxylic acid groups (broad SMARTS) is 1. The first kappa shape index (κ1) is 39.2. The Labute approximate surface area is 292 Å². The number of aliphatic carboxylic acids is 1. The summed E-state index contributed by atoms with van der Waals surface area (Å²) in [4.78, 5) is 64.1. The van der Waals surface area contributed by atoms with Crippen LogP contribution >= 0.6 is 0 Å². The lowest BCUT2D eigenvalue weighted by molar-refractivity contribution is -0.138. The molecule has 0 unspecified atom stereocenters. The Bertz CT molecular complexity index is 1550. The van der Waals surface area contributed by atoms with Crippen LogP contribution in [0.2, 0.25) is 0 Å². The maximum atomic E-state index is 14.0. The summed E-state index contributed by atoms with van der Waals surface area (Å²) < 4.78 is 5.45. The van der Waals surface area contributed by atoms with E-state index in [-0.39, 0.29) is 32.1 Å². The molecule has 0 aromatic heterocycles. The van der Waals surface area contributed by atoms with E-state index in [2.05, 4.69) is 16.0 Å². The number of nitrogens with two attached hydrogens (primary N) is 1. The Kier molecular flexibility index (Phi) is 15.0. The van der Waals surface area contributed by atoms with Gasteiger partial charge in [-0.2, -0.15) is 0 Å². The molecule has 0 heterocycles. The molecule has 0 bridgehead atoms. The average Bonchev–Trinajstić information content (AvgIpc) is 3.06. The SMILES string of the molecule is CC(C)(C)OC(=O)N[C@@H](Cc1ccccc1)[C@H](O)C[C@@H](Cc1ccccc1)C(=O)N[C@@H](CCC(=O)O)C(=O)N[C@@H](Cc1ccccc1)C(N)=O. The van der Waals surface area contributed by atoms with Crippen molar-refractivity contribution in [1.82, 2.24) is 16.0 Å². The number of alkyl carbamates (subject to hydrolysis) is 1. The predicted molar refractivity (Wildman–Crippen MR) is 188 cm³/mol. The van der Waals surface area contributed by atoms with E-state index in [1.807, 2.05) is 60.7 Å². The van der Waals surface area contributed by atoms with E-state index >= 15 is 0 Å². The summed E-state index contributed by atoms with van der Waals surface area (Å²) in [6, 6.07) is 23.9. The molecule has 3 rings (SSSR count). The monoisotopic (exact) mass is 688 g/mol. The van der Waals surface area contributed by atoms with Crippen molar-refractivity contribution in [3.05, 3.63) is 108 Å². The lowest BCUT2D eigenvalue weighted by atomic mass is 9.88. The molecule has 0 saturated heterocycles. The molecule has 0 aliphatic heterocycles. The zero-order chi connectivity index (χ0) is 36.7. The van der Waals surface area contributed by atoms with Crippen LogP contribution in [-0.4, -0.2) is 69.8 Å². The van der Waals surface area contributed by atoms with Crippen molar-refractivity contribution in [3.63, 3.8) is 0 Å². The highest BCUT2D eigenvalue weighted by Crippen LogP contribution is 2.20. The summed E-state index contributed by atoms with van der Waals surface area (Å²) in [5.41, 5.74) is 7.16. The number of aliphatic hydroxyl groups excluding tert-OH is 1. The molecular weight excluding hydrogens is 640 g/mol. The van der Waals surface area contributed by atoms with Crippen LogP contribution in [-0.2, 0) is 43.2 Å². The maximum absolute atomic E-state index is 14.0. The zero-order valence-electron chi connectivity index (χ0n) is 28.7. The molecule has 0 aliphatic rings. The largest absolute Gasteiger partial charge is 0.481 e. The number of hydrogen-bond donors (Lipinski definition) is 6. The highest BCUT2D eigenvalue weighted by Gasteiger charge is 2.33. The van der Waals surface area contributed by atoms with Crippen LogP contribution in [0.1, 0.15) is 56.7 Å². The van der Waals surface area contributed by atoms with Gasteiger partial charge < -0.3 is 36.6 Å². The topological polar surface area (TPSA) is 197 Å². The molecule has 0 radical (unpaired) electrons. The quantitative estimate of drug-likeness (QED) is 0.117. The number of nitrogens with one attached hydrogen (secondary N) is 3. The molecule has 3 aromatic carbocycles. The molecule has 12 heteroatoms. The van der Waals surface area contributed by atoms with Crippen LogP contribution in [0.4, 0.5) is 4.79 Å². The second-order valence-corrected chi connectivity index (χ2v) is 13.3. The number of hydrogen-bond acceptors (Lipinski definition) is 7. The highest BCUT2D eigenvalue weighted by molar-refractivity contribution is 5.92. The maximum Gasteiger partial charge on any atom is 0.407 e. The molecule has 268 valence electrons. The minimum atomic E-state index is -1.33. The van der Waals surface area contributed by atoms with Gasteiger partial charge in [-0.1, -0.05) is 91.0 Å². The lowest BCUT2D eigenvalue weighted by Gasteiger charge is -2.30. The van der Waals surface area contributed by atoms with Crippen LogP contribution < -0.4 is 21.7 Å². The predicted octanol–water partition coefficient (Wildman–Crippen LogP) is 3.29. The van der Waals surface area contributed by atoms with E-state index in [1.165, 1.54) is 0 Å². The average molecular weight is 689 g/mol. The van der Waals surface area contributed by atoms with E-state index in [0.29, 0.717) is 0 Å². The van der Waals surface area contributed by atoms with Gasteiger partial charge in [-0.05, 0) is 63.1 Å². The van der Waals surface area contributed by atoms with Gasteiger partial charge in [-0.25, -0.2) is 4.79 Å². The molecule has 50 heavy (non-hydrogen) atoms. The lowest BCUT2D eigenvalue weighted by Crippen LogP contribution is -2.55. The second kappa shape index (κ2) is 19.1. The third-order valence-electron chi connectivity index (χ3n) is 7.91. The van der Waals surface area contributed by atoms with E-state index in [9.17, 15) is 34.2 Å². The normalized spacial score (nSPS) is 14.2. The molecule has 3 aromatic rings. The molecule has 5 atom stereocenters. The Morgan fingerprint density at radius 3 is 1.66 bits per heavy atom. The van der Waals surface area contributed by atoms with Gasteiger partial charge in [-0.3, -0.25) is 19.2 Å². The summed E-state index contributed by atoms with van der Waals surface area (Å²) in [6.45, 7) is 5.17. The van der Waals surface area contributed by atoms with Gasteiger partial charge >= 0.3 is 12.1 Å². The number of ether oxygens (including phenoxy) is 1. The van der Waals surface area contributed by atoms with Gasteiger partial charge in [0.15, 0.2) is 0 Å². The van der Waals surface area contributed by atoms with Crippen molar-refractivity contribution < 1.29 is 38.9 Å². The van der Waals surface area contributed by atoms with Crippen LogP contribution in [0.5, 0.6) is 0 Å². The minimum absolute atomic E-state index is 0.0950. The van der Waals surface area contributed by atoms with Crippen LogP contribution in [0.15, 0.2) is 91.0 Å². The Hall–Kier alpha value is -5.23. The number of primary amides is 1. The van der Waals surface area contributed by atoms with Gasteiger partial charge in [0, 0.05) is 18.8 Å². The van der Waals surface area contributed by atoms with E-state index < -0.39 is 72.0 Å². The molecule has 0 saturated carbocycles. The summed E-state index contributed by atoms with van der Waals surface area (Å²) in [5.74, 6) is -4.28. The van der Waals surface area contributed by atoms with Crippen LogP contribution in [0, 0.1) is 5.92 Å². The van der Waals surface area contributed by atoms with Crippen molar-refractivity contribution >= 4 is 29.8 Å². The van der Waals surface area contributed by atoms with E-state index in [1.54, 1.807) is 51.1 Å². The van der Waals surface area contributed by atoms with Crippen molar-refractivity contribution in [2.45, 2.75) is 89.1 Å². The second-order valence-electron chi connectivity index (χ2n) is 13.3. The number of rotatable bonds is 18.